The summed E-state index contributed by atoms with van der Waals surface area (Å²) in [5, 5.41) is 10.0. The van der Waals surface area contributed by atoms with E-state index >= 15 is 0 Å². The lowest BCUT2D eigenvalue weighted by Crippen LogP contribution is -2.60. The summed E-state index contributed by atoms with van der Waals surface area (Å²) in [5.41, 5.74) is 2.55. The first-order valence-corrected chi connectivity index (χ1v) is 10.5. The van der Waals surface area contributed by atoms with E-state index in [9.17, 15) is 9.90 Å². The Morgan fingerprint density at radius 3 is 2.76 bits per heavy atom. The van der Waals surface area contributed by atoms with Gasteiger partial charge >= 0.3 is 0 Å². The lowest BCUT2D eigenvalue weighted by atomic mass is 9.75. The van der Waals surface area contributed by atoms with E-state index in [2.05, 4.69) is 20.9 Å². The number of rotatable bonds is 2. The Labute approximate surface area is 169 Å². The number of carbonyl (C=O) groups excluding carboxylic acids is 1. The highest BCUT2D eigenvalue weighted by Crippen LogP contribution is 2.47. The van der Waals surface area contributed by atoms with Gasteiger partial charge in [0.05, 0.1) is 12.2 Å². The van der Waals surface area contributed by atoms with Crippen LogP contribution in [0.3, 0.4) is 0 Å². The van der Waals surface area contributed by atoms with Crippen molar-refractivity contribution in [2.75, 3.05) is 19.6 Å². The van der Waals surface area contributed by atoms with Crippen molar-refractivity contribution in [2.45, 2.75) is 30.8 Å². The first-order chi connectivity index (χ1) is 14.2. The summed E-state index contributed by atoms with van der Waals surface area (Å²) < 4.78 is 1.89. The molecule has 1 N–H and O–H groups in total. The first-order valence-electron chi connectivity index (χ1n) is 10.5. The third-order valence-electron chi connectivity index (χ3n) is 7.19. The standard InChI is InChI=1S/C23H24N4O2/c28-17-5-3-4-16(12-17)18-14-27(21-15-7-10-25(11-8-15)22(18)21)23(29)19-13-24-20-6-1-2-9-26(19)20/h1-6,9,12-13,15,18,21-22,28H,7-8,10-11,14H2/t18-,21+,22+/m0/s1. The Hall–Kier alpha value is -2.86. The highest BCUT2D eigenvalue weighted by Gasteiger charge is 2.54. The molecule has 148 valence electrons. The fourth-order valence-electron chi connectivity index (χ4n) is 5.94. The molecule has 4 aliphatic rings. The molecule has 0 aliphatic carbocycles. The molecule has 7 rings (SSSR count). The van der Waals surface area contributed by atoms with Crippen LogP contribution in [0.25, 0.3) is 5.65 Å². The Morgan fingerprint density at radius 2 is 1.93 bits per heavy atom. The maximum Gasteiger partial charge on any atom is 0.272 e. The molecule has 1 amide bonds. The second kappa shape index (κ2) is 6.32. The van der Waals surface area contributed by atoms with Crippen LogP contribution in [0.2, 0.25) is 0 Å². The molecule has 3 atom stereocenters. The number of aromatic hydroxyl groups is 1. The molecule has 2 aromatic heterocycles. The minimum Gasteiger partial charge on any atom is -0.508 e. The highest BCUT2D eigenvalue weighted by molar-refractivity contribution is 5.94. The predicted octanol–water partition coefficient (Wildman–Crippen LogP) is 2.74. The second-order valence-electron chi connectivity index (χ2n) is 8.59. The molecular formula is C23H24N4O2. The number of carbonyl (C=O) groups is 1. The summed E-state index contributed by atoms with van der Waals surface area (Å²) in [6.07, 6.45) is 5.93. The van der Waals surface area contributed by atoms with Crippen molar-refractivity contribution >= 4 is 11.6 Å². The molecule has 2 bridgehead atoms. The summed E-state index contributed by atoms with van der Waals surface area (Å²) in [6, 6.07) is 13.9. The topological polar surface area (TPSA) is 61.1 Å². The molecule has 4 saturated heterocycles. The summed E-state index contributed by atoms with van der Waals surface area (Å²) in [5.74, 6) is 1.13. The fourth-order valence-corrected chi connectivity index (χ4v) is 5.94. The lowest BCUT2D eigenvalue weighted by Gasteiger charge is -2.51. The van der Waals surface area contributed by atoms with Gasteiger partial charge in [0, 0.05) is 24.7 Å². The molecule has 0 radical (unpaired) electrons. The third kappa shape index (κ3) is 2.52. The Balaban J connectivity index is 1.42. The van der Waals surface area contributed by atoms with Crippen LogP contribution >= 0.6 is 0 Å². The van der Waals surface area contributed by atoms with E-state index in [1.165, 1.54) is 0 Å². The largest absolute Gasteiger partial charge is 0.508 e. The number of fused-ring (bicyclic) bond motifs is 3. The number of pyridine rings is 1. The van der Waals surface area contributed by atoms with E-state index in [0.29, 0.717) is 29.9 Å². The summed E-state index contributed by atoms with van der Waals surface area (Å²) >= 11 is 0. The number of amides is 1. The average molecular weight is 388 g/mol. The normalized spacial score (nSPS) is 30.6. The van der Waals surface area contributed by atoms with E-state index < -0.39 is 0 Å². The van der Waals surface area contributed by atoms with Crippen LogP contribution in [-0.4, -0.2) is 61.9 Å². The number of nitrogens with zero attached hydrogens (tertiary/aromatic N) is 4. The van der Waals surface area contributed by atoms with Gasteiger partial charge in [-0.1, -0.05) is 18.2 Å². The molecule has 0 unspecified atom stereocenters. The van der Waals surface area contributed by atoms with Crippen LogP contribution in [0, 0.1) is 5.92 Å². The van der Waals surface area contributed by atoms with Crippen LogP contribution in [0.1, 0.15) is 34.8 Å². The molecule has 29 heavy (non-hydrogen) atoms. The summed E-state index contributed by atoms with van der Waals surface area (Å²) in [4.78, 5) is 22.8. The van der Waals surface area contributed by atoms with Gasteiger partial charge in [-0.25, -0.2) is 4.98 Å². The van der Waals surface area contributed by atoms with E-state index in [-0.39, 0.29) is 17.9 Å². The van der Waals surface area contributed by atoms with E-state index in [1.54, 1.807) is 12.3 Å². The minimum atomic E-state index is 0.0649. The van der Waals surface area contributed by atoms with Gasteiger partial charge in [-0.05, 0) is 61.7 Å². The van der Waals surface area contributed by atoms with Crippen molar-refractivity contribution in [3.05, 3.63) is 66.1 Å². The second-order valence-corrected chi connectivity index (χ2v) is 8.59. The van der Waals surface area contributed by atoms with Crippen LogP contribution in [0.5, 0.6) is 5.75 Å². The number of phenols is 1. The third-order valence-corrected chi connectivity index (χ3v) is 7.19. The zero-order valence-electron chi connectivity index (χ0n) is 16.2. The maximum absolute atomic E-state index is 13.7. The van der Waals surface area contributed by atoms with Gasteiger partial charge in [0.2, 0.25) is 0 Å². The number of imidazole rings is 1. The van der Waals surface area contributed by atoms with Crippen LogP contribution in [-0.2, 0) is 0 Å². The van der Waals surface area contributed by atoms with Crippen molar-refractivity contribution in [3.8, 4) is 5.75 Å². The van der Waals surface area contributed by atoms with Gasteiger partial charge in [-0.2, -0.15) is 0 Å². The smallest absolute Gasteiger partial charge is 0.272 e. The molecule has 6 nitrogen and oxygen atoms in total. The average Bonchev–Trinajstić information content (AvgIpc) is 3.38. The zero-order valence-corrected chi connectivity index (χ0v) is 16.2. The van der Waals surface area contributed by atoms with Crippen LogP contribution in [0.15, 0.2) is 54.9 Å². The van der Waals surface area contributed by atoms with Crippen molar-refractivity contribution in [2.24, 2.45) is 5.92 Å². The van der Waals surface area contributed by atoms with E-state index in [4.69, 9.17) is 0 Å². The molecule has 1 aromatic carbocycles. The molecule has 6 heterocycles. The van der Waals surface area contributed by atoms with Gasteiger partial charge in [0.15, 0.2) is 0 Å². The molecule has 0 saturated carbocycles. The SMILES string of the molecule is O=C(c1cnc2ccccn12)N1C[C@@H](c2cccc(O)c2)[C@@H]2[C@H]1C1CCN2CC1. The Kier molecular flexibility index (Phi) is 3.71. The molecular weight excluding hydrogens is 364 g/mol. The molecule has 4 aliphatic heterocycles. The number of hydrogen-bond donors (Lipinski definition) is 1. The quantitative estimate of drug-likeness (QED) is 0.733. The fraction of sp³-hybridized carbons (Fsp3) is 0.391. The van der Waals surface area contributed by atoms with Crippen molar-refractivity contribution in [1.82, 2.24) is 19.2 Å². The lowest BCUT2D eigenvalue weighted by molar-refractivity contribution is -0.00362. The summed E-state index contributed by atoms with van der Waals surface area (Å²) in [7, 11) is 0. The number of benzene rings is 1. The van der Waals surface area contributed by atoms with Gasteiger partial charge < -0.3 is 10.0 Å². The number of likely N-dealkylation sites (tertiary alicyclic amines) is 1. The van der Waals surface area contributed by atoms with Crippen LogP contribution < -0.4 is 0 Å². The van der Waals surface area contributed by atoms with E-state index in [0.717, 1.165) is 37.1 Å². The monoisotopic (exact) mass is 388 g/mol. The minimum absolute atomic E-state index is 0.0649. The highest BCUT2D eigenvalue weighted by atomic mass is 16.3. The summed E-state index contributed by atoms with van der Waals surface area (Å²) in [6.45, 7) is 2.91. The maximum atomic E-state index is 13.7. The van der Waals surface area contributed by atoms with Gasteiger partial charge in [0.25, 0.3) is 5.91 Å². The van der Waals surface area contributed by atoms with Crippen LogP contribution in [0.4, 0.5) is 0 Å². The number of hydrogen-bond acceptors (Lipinski definition) is 4. The van der Waals surface area contributed by atoms with Gasteiger partial charge in [-0.3, -0.25) is 14.1 Å². The van der Waals surface area contributed by atoms with Crippen molar-refractivity contribution in [1.29, 1.82) is 0 Å². The Morgan fingerprint density at radius 1 is 1.07 bits per heavy atom. The Bertz CT molecular complexity index is 1090. The first kappa shape index (κ1) is 17.0. The predicted molar refractivity (Wildman–Crippen MR) is 109 cm³/mol. The van der Waals surface area contributed by atoms with E-state index in [1.807, 2.05) is 40.9 Å². The van der Waals surface area contributed by atoms with Gasteiger partial charge in [-0.15, -0.1) is 0 Å². The number of piperidine rings is 3. The van der Waals surface area contributed by atoms with Gasteiger partial charge in [0.1, 0.15) is 17.1 Å². The number of phenolic OH excluding ortho intramolecular Hbond substituents is 1. The van der Waals surface area contributed by atoms with Crippen molar-refractivity contribution in [3.63, 3.8) is 0 Å². The number of aromatic nitrogens is 2. The molecule has 0 spiro atoms. The zero-order chi connectivity index (χ0) is 19.5. The molecule has 6 heteroatoms. The molecule has 3 aromatic rings. The molecule has 4 fully saturated rings. The van der Waals surface area contributed by atoms with Crippen molar-refractivity contribution < 1.29 is 9.90 Å².